The third-order valence-corrected chi connectivity index (χ3v) is 0. The van der Waals surface area contributed by atoms with E-state index in [1.54, 1.807) is 0 Å². The van der Waals surface area contributed by atoms with Crippen LogP contribution in [-0.2, 0) is 4.79 Å². The number of carbonyl (C=O) groups excluding carboxylic acids is 1. The van der Waals surface area contributed by atoms with E-state index in [1.165, 1.54) is 6.92 Å². The molecule has 0 bridgehead atoms. The smallest absolute Gasteiger partial charge is 0.116 e. The molecule has 0 rings (SSSR count). The number of halogens is 1. The zero-order valence-electron chi connectivity index (χ0n) is 2.39. The first-order chi connectivity index (χ1) is 1.41. The second-order valence-electron chi connectivity index (χ2n) is 0.236. The molecule has 26 valence electrons. The van der Waals surface area contributed by atoms with Crippen LogP contribution >= 0.6 is 24.0 Å². The van der Waals surface area contributed by atoms with Crippen molar-refractivity contribution in [2.24, 2.45) is 0 Å². The van der Waals surface area contributed by atoms with Gasteiger partial charge >= 0.3 is 0 Å². The quantitative estimate of drug-likeness (QED) is 0.390. The molecule has 0 unspecified atom stereocenters. The normalized spacial score (nSPS) is 3.25. The maximum Gasteiger partial charge on any atom is 0.116 e. The fourth-order valence-corrected chi connectivity index (χ4v) is 0. The van der Waals surface area contributed by atoms with E-state index < -0.39 is 0 Å². The summed E-state index contributed by atoms with van der Waals surface area (Å²) in [5, 5.41) is 0. The number of hydrogen-bond donors (Lipinski definition) is 0. The fraction of sp³-hybridized carbons (Fsp3) is 0.500. The minimum atomic E-state index is 0. The maximum atomic E-state index is 8.81. The molecule has 0 spiro atoms. The Balaban J connectivity index is 0. The first-order valence-corrected chi connectivity index (χ1v) is 0.813. The largest absolute Gasteiger partial charge is 0.304 e. The highest BCUT2D eigenvalue weighted by Crippen LogP contribution is 1.13. The molecule has 0 N–H and O–H groups in total. The highest BCUT2D eigenvalue weighted by atomic mass is 127. The van der Waals surface area contributed by atoms with Gasteiger partial charge in [0.2, 0.25) is 0 Å². The van der Waals surface area contributed by atoms with Crippen LogP contribution in [0.4, 0.5) is 0 Å². The van der Waals surface area contributed by atoms with Crippen LogP contribution in [0.15, 0.2) is 0 Å². The summed E-state index contributed by atoms with van der Waals surface area (Å²) in [4.78, 5) is 8.81. The van der Waals surface area contributed by atoms with Crippen molar-refractivity contribution in [2.75, 3.05) is 0 Å². The highest BCUT2D eigenvalue weighted by molar-refractivity contribution is 14.0. The Morgan fingerprint density at radius 2 is 1.75 bits per heavy atom. The Bertz CT molecular complexity index is 13.5. The van der Waals surface area contributed by atoms with Gasteiger partial charge in [0.05, 0.1) is 0 Å². The predicted octanol–water partition coefficient (Wildman–Crippen LogP) is 0.823. The summed E-state index contributed by atoms with van der Waals surface area (Å²) in [6.07, 6.45) is 0.750. The van der Waals surface area contributed by atoms with E-state index in [2.05, 4.69) is 0 Å². The van der Waals surface area contributed by atoms with Gasteiger partial charge in [0.1, 0.15) is 6.29 Å². The fourth-order valence-electron chi connectivity index (χ4n) is 0. The number of carbonyl (C=O) groups is 1. The van der Waals surface area contributed by atoms with Crippen LogP contribution in [0.5, 0.6) is 0 Å². The highest BCUT2D eigenvalue weighted by Gasteiger charge is 1.24. The van der Waals surface area contributed by atoms with Crippen molar-refractivity contribution in [3.05, 3.63) is 0 Å². The van der Waals surface area contributed by atoms with E-state index >= 15 is 0 Å². The van der Waals surface area contributed by atoms with Gasteiger partial charge in [-0.3, -0.25) is 0 Å². The Morgan fingerprint density at radius 3 is 1.75 bits per heavy atom. The molecule has 2 heteroatoms. The van der Waals surface area contributed by atoms with Crippen molar-refractivity contribution in [3.63, 3.8) is 0 Å². The van der Waals surface area contributed by atoms with Crippen LogP contribution in [0.2, 0.25) is 0 Å². The molecule has 0 aliphatic carbocycles. The summed E-state index contributed by atoms with van der Waals surface area (Å²) in [5.41, 5.74) is 0. The molecule has 0 saturated heterocycles. The van der Waals surface area contributed by atoms with Gasteiger partial charge in [0.25, 0.3) is 0 Å². The molecule has 0 amide bonds. The Labute approximate surface area is 42.4 Å². The van der Waals surface area contributed by atoms with Gasteiger partial charge in [-0.25, -0.2) is 0 Å². The van der Waals surface area contributed by atoms with Gasteiger partial charge in [-0.05, 0) is 6.92 Å². The summed E-state index contributed by atoms with van der Waals surface area (Å²) in [6, 6.07) is 0. The van der Waals surface area contributed by atoms with Crippen molar-refractivity contribution in [3.8, 4) is 0 Å². The molecule has 0 saturated carbocycles. The monoisotopic (exact) mass is 172 g/mol. The lowest BCUT2D eigenvalue weighted by molar-refractivity contribution is -0.106. The molecule has 0 atom stereocenters. The van der Waals surface area contributed by atoms with E-state index in [0.29, 0.717) is 0 Å². The Hall–Kier alpha value is 0.400. The van der Waals surface area contributed by atoms with Gasteiger partial charge in [-0.2, -0.15) is 0 Å². The van der Waals surface area contributed by atoms with Crippen molar-refractivity contribution < 1.29 is 4.79 Å². The Kier molecular flexibility index (Phi) is 22.1. The minimum absolute atomic E-state index is 0. The summed E-state index contributed by atoms with van der Waals surface area (Å²) in [7, 11) is 0. The Morgan fingerprint density at radius 1 is 1.75 bits per heavy atom. The zero-order chi connectivity index (χ0) is 2.71. The van der Waals surface area contributed by atoms with Crippen LogP contribution in [-0.4, -0.2) is 6.29 Å². The van der Waals surface area contributed by atoms with E-state index in [0.717, 1.165) is 6.29 Å². The second-order valence-corrected chi connectivity index (χ2v) is 0.236. The lowest BCUT2D eigenvalue weighted by Gasteiger charge is -1.23. The third-order valence-electron chi connectivity index (χ3n) is 0. The molecule has 0 fully saturated rings. The zero-order valence-corrected chi connectivity index (χ0v) is 4.72. The summed E-state index contributed by atoms with van der Waals surface area (Å²) < 4.78 is 0. The molecule has 4 heavy (non-hydrogen) atoms. The van der Waals surface area contributed by atoms with Crippen LogP contribution in [0.3, 0.4) is 0 Å². The van der Waals surface area contributed by atoms with Crippen molar-refractivity contribution in [1.29, 1.82) is 0 Å². The van der Waals surface area contributed by atoms with Gasteiger partial charge in [-0.15, -0.1) is 24.0 Å². The molecular weight excluding hydrogens is 167 g/mol. The third kappa shape index (κ3) is 29.4. The van der Waals surface area contributed by atoms with E-state index in [1.807, 2.05) is 0 Å². The minimum Gasteiger partial charge on any atom is -0.304 e. The van der Waals surface area contributed by atoms with E-state index in [4.69, 9.17) is 4.79 Å². The number of aldehydes is 1. The lowest BCUT2D eigenvalue weighted by atomic mass is 11.0. The molecular formula is C2H5IO. The van der Waals surface area contributed by atoms with E-state index in [9.17, 15) is 0 Å². The topological polar surface area (TPSA) is 17.1 Å². The predicted molar refractivity (Wildman–Crippen MR) is 27.2 cm³/mol. The van der Waals surface area contributed by atoms with Crippen LogP contribution < -0.4 is 0 Å². The van der Waals surface area contributed by atoms with Crippen LogP contribution in [0.25, 0.3) is 0 Å². The summed E-state index contributed by atoms with van der Waals surface area (Å²) >= 11 is 0. The molecule has 0 aromatic carbocycles. The van der Waals surface area contributed by atoms with Crippen LogP contribution in [0, 0.1) is 0 Å². The average Bonchev–Trinajstić information content (AvgIpc) is 0.918. The molecule has 0 aromatic rings. The van der Waals surface area contributed by atoms with Gasteiger partial charge in [0.15, 0.2) is 0 Å². The van der Waals surface area contributed by atoms with Gasteiger partial charge in [-0.1, -0.05) is 0 Å². The number of hydrogen-bond acceptors (Lipinski definition) is 1. The summed E-state index contributed by atoms with van der Waals surface area (Å²) in [6.45, 7) is 1.44. The lowest BCUT2D eigenvalue weighted by Crippen LogP contribution is -1.36. The molecule has 0 aliphatic rings. The molecule has 0 aliphatic heterocycles. The molecule has 0 heterocycles. The molecule has 0 aromatic heterocycles. The average molecular weight is 172 g/mol. The summed E-state index contributed by atoms with van der Waals surface area (Å²) in [5.74, 6) is 0. The molecule has 1 nitrogen and oxygen atoms in total. The van der Waals surface area contributed by atoms with Crippen molar-refractivity contribution in [2.45, 2.75) is 6.92 Å². The van der Waals surface area contributed by atoms with Crippen molar-refractivity contribution in [1.82, 2.24) is 0 Å². The molecule has 0 radical (unpaired) electrons. The second kappa shape index (κ2) is 9.99. The van der Waals surface area contributed by atoms with Crippen LogP contribution in [0.1, 0.15) is 6.92 Å². The maximum absolute atomic E-state index is 8.81. The van der Waals surface area contributed by atoms with Gasteiger partial charge in [0, 0.05) is 0 Å². The first kappa shape index (κ1) is 8.83. The van der Waals surface area contributed by atoms with Gasteiger partial charge < -0.3 is 4.79 Å². The van der Waals surface area contributed by atoms with E-state index in [-0.39, 0.29) is 24.0 Å². The number of rotatable bonds is 0. The SMILES string of the molecule is CC=O.I. The standard InChI is InChI=1S/C2H4O.HI/c1-2-3;/h2H,1H3;1H. The first-order valence-electron chi connectivity index (χ1n) is 0.813. The van der Waals surface area contributed by atoms with Crippen molar-refractivity contribution >= 4 is 30.3 Å².